The van der Waals surface area contributed by atoms with Crippen LogP contribution in [-0.4, -0.2) is 51.0 Å². The largest absolute Gasteiger partial charge is 0.480 e. The maximum absolute atomic E-state index is 13.3. The van der Waals surface area contributed by atoms with Gasteiger partial charge in [-0.15, -0.1) is 11.3 Å². The van der Waals surface area contributed by atoms with Gasteiger partial charge in [0.1, 0.15) is 6.54 Å². The SMILES string of the molecule is CCN1C(=O)/C(=C2/C(=O)N(CC(=O)O)c3ccccc32)S/C1=N/c1nc(-c2ccccc2)cs1. The normalized spacial score (nSPS) is 18.8. The quantitative estimate of drug-likeness (QED) is 0.537. The monoisotopic (exact) mass is 490 g/mol. The van der Waals surface area contributed by atoms with Crippen LogP contribution in [0.3, 0.4) is 0 Å². The number of benzene rings is 2. The first-order valence-corrected chi connectivity index (χ1v) is 12.1. The van der Waals surface area contributed by atoms with Crippen LogP contribution in [0.25, 0.3) is 16.8 Å². The van der Waals surface area contributed by atoms with Crippen molar-refractivity contribution in [3.05, 3.63) is 70.4 Å². The Labute approximate surface area is 203 Å². The molecule has 1 aromatic heterocycles. The first-order chi connectivity index (χ1) is 16.5. The van der Waals surface area contributed by atoms with Crippen LogP contribution in [-0.2, 0) is 14.4 Å². The Kier molecular flexibility index (Phi) is 5.76. The minimum absolute atomic E-state index is 0.208. The summed E-state index contributed by atoms with van der Waals surface area (Å²) in [6, 6.07) is 16.6. The number of aliphatic imine (C=N–C) groups is 1. The number of amidine groups is 1. The van der Waals surface area contributed by atoms with Crippen molar-refractivity contribution < 1.29 is 19.5 Å². The van der Waals surface area contributed by atoms with E-state index in [9.17, 15) is 19.5 Å². The summed E-state index contributed by atoms with van der Waals surface area (Å²) in [5.41, 5.74) is 3.00. The maximum atomic E-state index is 13.3. The Bertz CT molecular complexity index is 1380. The summed E-state index contributed by atoms with van der Waals surface area (Å²) >= 11 is 2.48. The number of carbonyl (C=O) groups is 3. The number of rotatable bonds is 5. The van der Waals surface area contributed by atoms with Gasteiger partial charge in [0.15, 0.2) is 5.17 Å². The van der Waals surface area contributed by atoms with E-state index in [4.69, 9.17) is 0 Å². The minimum Gasteiger partial charge on any atom is -0.480 e. The Morgan fingerprint density at radius 2 is 1.76 bits per heavy atom. The highest BCUT2D eigenvalue weighted by molar-refractivity contribution is 8.18. The number of hydrogen-bond acceptors (Lipinski definition) is 7. The van der Waals surface area contributed by atoms with Gasteiger partial charge in [-0.2, -0.15) is 4.99 Å². The second-order valence-electron chi connectivity index (χ2n) is 7.43. The lowest BCUT2D eigenvalue weighted by molar-refractivity contribution is -0.136. The van der Waals surface area contributed by atoms with Gasteiger partial charge in [-0.3, -0.25) is 24.2 Å². The molecule has 0 saturated carbocycles. The third-order valence-electron chi connectivity index (χ3n) is 5.38. The van der Waals surface area contributed by atoms with Gasteiger partial charge in [0.25, 0.3) is 11.8 Å². The molecule has 1 N–H and O–H groups in total. The number of carbonyl (C=O) groups excluding carboxylic acids is 2. The number of fused-ring (bicyclic) bond motifs is 1. The van der Waals surface area contributed by atoms with Gasteiger partial charge in [-0.05, 0) is 24.8 Å². The fourth-order valence-corrected chi connectivity index (χ4v) is 5.74. The molecule has 2 aliphatic rings. The summed E-state index contributed by atoms with van der Waals surface area (Å²) in [7, 11) is 0. The second kappa shape index (κ2) is 8.88. The Morgan fingerprint density at radius 1 is 1.03 bits per heavy atom. The van der Waals surface area contributed by atoms with Gasteiger partial charge in [0.2, 0.25) is 5.13 Å². The average Bonchev–Trinajstić information content (AvgIpc) is 3.50. The van der Waals surface area contributed by atoms with E-state index in [1.165, 1.54) is 21.1 Å². The highest BCUT2D eigenvalue weighted by Gasteiger charge is 2.42. The number of amides is 2. The van der Waals surface area contributed by atoms with E-state index in [1.54, 1.807) is 24.3 Å². The molecule has 0 unspecified atom stereocenters. The highest BCUT2D eigenvalue weighted by Crippen LogP contribution is 2.45. The van der Waals surface area contributed by atoms with Gasteiger partial charge in [0.05, 0.1) is 21.9 Å². The van der Waals surface area contributed by atoms with Crippen LogP contribution in [0.4, 0.5) is 10.8 Å². The summed E-state index contributed by atoms with van der Waals surface area (Å²) < 4.78 is 0. The van der Waals surface area contributed by atoms with Crippen molar-refractivity contribution in [1.29, 1.82) is 0 Å². The lowest BCUT2D eigenvalue weighted by atomic mass is 10.1. The second-order valence-corrected chi connectivity index (χ2v) is 9.25. The Balaban J connectivity index is 1.54. The molecule has 0 spiro atoms. The summed E-state index contributed by atoms with van der Waals surface area (Å²) in [4.78, 5) is 50.0. The number of carboxylic acid groups (broad SMARTS) is 1. The fraction of sp³-hybridized carbons (Fsp3) is 0.125. The van der Waals surface area contributed by atoms with E-state index in [2.05, 4.69) is 9.98 Å². The van der Waals surface area contributed by atoms with Crippen molar-refractivity contribution in [2.45, 2.75) is 6.92 Å². The van der Waals surface area contributed by atoms with Gasteiger partial charge in [0, 0.05) is 23.1 Å². The van der Waals surface area contributed by atoms with E-state index >= 15 is 0 Å². The number of aromatic nitrogens is 1. The van der Waals surface area contributed by atoms with Crippen LogP contribution in [0.15, 0.2) is 69.9 Å². The summed E-state index contributed by atoms with van der Waals surface area (Å²) in [5, 5.41) is 12.1. The van der Waals surface area contributed by atoms with Crippen molar-refractivity contribution >= 4 is 62.4 Å². The van der Waals surface area contributed by atoms with Crippen LogP contribution >= 0.6 is 23.1 Å². The summed E-state index contributed by atoms with van der Waals surface area (Å²) in [6.07, 6.45) is 0. The van der Waals surface area contributed by atoms with Gasteiger partial charge >= 0.3 is 5.97 Å². The molecular weight excluding hydrogens is 472 g/mol. The smallest absolute Gasteiger partial charge is 0.323 e. The molecule has 0 atom stereocenters. The van der Waals surface area contributed by atoms with E-state index < -0.39 is 18.4 Å². The van der Waals surface area contributed by atoms with Crippen molar-refractivity contribution in [2.24, 2.45) is 4.99 Å². The molecule has 0 radical (unpaired) electrons. The van der Waals surface area contributed by atoms with E-state index in [1.807, 2.05) is 42.6 Å². The average molecular weight is 491 g/mol. The lowest BCUT2D eigenvalue weighted by Crippen LogP contribution is -2.33. The molecule has 3 heterocycles. The number of likely N-dealkylation sites (N-methyl/N-ethyl adjacent to an activating group) is 1. The van der Waals surface area contributed by atoms with Crippen molar-refractivity contribution in [1.82, 2.24) is 9.88 Å². The minimum atomic E-state index is -1.13. The molecule has 0 aliphatic carbocycles. The molecule has 3 aromatic rings. The Hall–Kier alpha value is -3.76. The number of aliphatic carboxylic acids is 1. The van der Waals surface area contributed by atoms with Crippen LogP contribution in [0.1, 0.15) is 12.5 Å². The molecule has 5 rings (SSSR count). The van der Waals surface area contributed by atoms with Crippen LogP contribution < -0.4 is 4.90 Å². The summed E-state index contributed by atoms with van der Waals surface area (Å²) in [5.74, 6) is -1.96. The molecule has 8 nitrogen and oxygen atoms in total. The van der Waals surface area contributed by atoms with Crippen LogP contribution in [0.2, 0.25) is 0 Å². The molecule has 1 fully saturated rings. The number of thiazole rings is 1. The molecular formula is C24H18N4O4S2. The number of nitrogens with zero attached hydrogens (tertiary/aromatic N) is 4. The molecule has 0 bridgehead atoms. The van der Waals surface area contributed by atoms with E-state index in [-0.39, 0.29) is 16.4 Å². The Morgan fingerprint density at radius 3 is 2.50 bits per heavy atom. The molecule has 2 aromatic carbocycles. The molecule has 1 saturated heterocycles. The first-order valence-electron chi connectivity index (χ1n) is 10.4. The molecule has 2 aliphatic heterocycles. The maximum Gasteiger partial charge on any atom is 0.323 e. The predicted molar refractivity (Wildman–Crippen MR) is 133 cm³/mol. The van der Waals surface area contributed by atoms with Gasteiger partial charge in [-0.25, -0.2) is 4.98 Å². The van der Waals surface area contributed by atoms with Gasteiger partial charge in [-0.1, -0.05) is 48.5 Å². The zero-order valence-electron chi connectivity index (χ0n) is 18.0. The van der Waals surface area contributed by atoms with Crippen molar-refractivity contribution in [3.8, 4) is 11.3 Å². The predicted octanol–water partition coefficient (Wildman–Crippen LogP) is 4.24. The molecule has 170 valence electrons. The molecule has 10 heteroatoms. The zero-order chi connectivity index (χ0) is 23.8. The number of hydrogen-bond donors (Lipinski definition) is 1. The number of thioether (sulfide) groups is 1. The standard InChI is InChI=1S/C24H18N4O4S2/c1-2-27-22(32)20(19-15-10-6-7-11-17(15)28(21(19)31)12-18(29)30)34-24(27)26-23-25-16(13-33-23)14-8-4-3-5-9-14/h3-11,13H,2,12H2,1H3,(H,29,30)/b20-19-,26-24+. The summed E-state index contributed by atoms with van der Waals surface area (Å²) in [6.45, 7) is 1.72. The van der Waals surface area contributed by atoms with Crippen LogP contribution in [0, 0.1) is 0 Å². The third kappa shape index (κ3) is 3.80. The number of para-hydroxylation sites is 1. The van der Waals surface area contributed by atoms with E-state index in [0.29, 0.717) is 28.1 Å². The molecule has 34 heavy (non-hydrogen) atoms. The first kappa shape index (κ1) is 22.1. The van der Waals surface area contributed by atoms with Crippen molar-refractivity contribution in [3.63, 3.8) is 0 Å². The highest BCUT2D eigenvalue weighted by atomic mass is 32.2. The topological polar surface area (TPSA) is 103 Å². The zero-order valence-corrected chi connectivity index (χ0v) is 19.6. The van der Waals surface area contributed by atoms with E-state index in [0.717, 1.165) is 23.0 Å². The lowest BCUT2D eigenvalue weighted by Gasteiger charge is -2.13. The third-order valence-corrected chi connectivity index (χ3v) is 7.19. The molecule has 2 amide bonds. The number of carboxylic acids is 1. The van der Waals surface area contributed by atoms with Gasteiger partial charge < -0.3 is 5.11 Å². The number of anilines is 1. The fourth-order valence-electron chi connectivity index (χ4n) is 3.85. The van der Waals surface area contributed by atoms with Crippen molar-refractivity contribution in [2.75, 3.05) is 18.0 Å². The van der Waals surface area contributed by atoms with Crippen LogP contribution in [0.5, 0.6) is 0 Å².